The van der Waals surface area contributed by atoms with Gasteiger partial charge in [0.25, 0.3) is 0 Å². The van der Waals surface area contributed by atoms with Gasteiger partial charge < -0.3 is 59.1 Å². The topological polar surface area (TPSA) is 149 Å². The van der Waals surface area contributed by atoms with E-state index in [-0.39, 0.29) is 29.2 Å². The van der Waals surface area contributed by atoms with Crippen LogP contribution in [0.2, 0.25) is 0 Å². The van der Waals surface area contributed by atoms with E-state index in [2.05, 4.69) is 188 Å². The number of amides is 4. The van der Waals surface area contributed by atoms with Crippen molar-refractivity contribution in [1.82, 2.24) is 53.8 Å². The lowest BCUT2D eigenvalue weighted by Gasteiger charge is -2.24. The van der Waals surface area contributed by atoms with E-state index in [1.54, 1.807) is 0 Å². The van der Waals surface area contributed by atoms with E-state index in [1.807, 2.05) is 51.1 Å². The number of anilines is 1. The zero-order chi connectivity index (χ0) is 71.8. The van der Waals surface area contributed by atoms with Crippen LogP contribution in [0.5, 0.6) is 0 Å². The first-order valence-electron chi connectivity index (χ1n) is 38.5. The smallest absolute Gasteiger partial charge is 0.226 e. The number of aryl methyl sites for hydroxylation is 8. The Hall–Kier alpha value is -8.02. The highest BCUT2D eigenvalue weighted by Crippen LogP contribution is 2.37. The van der Waals surface area contributed by atoms with Crippen LogP contribution in [0.15, 0.2) is 103 Å². The van der Waals surface area contributed by atoms with Gasteiger partial charge in [-0.3, -0.25) is 19.2 Å². The third-order valence-corrected chi connectivity index (χ3v) is 22.3. The maximum Gasteiger partial charge on any atom is 0.226 e. The van der Waals surface area contributed by atoms with Gasteiger partial charge in [-0.25, -0.2) is 0 Å². The molecule has 4 amide bonds. The number of fused-ring (bicyclic) bond motifs is 12. The summed E-state index contributed by atoms with van der Waals surface area (Å²) in [6.07, 6.45) is 17.8. The molecule has 2 fully saturated rings. The molecule has 6 aliphatic rings. The largest absolute Gasteiger partial charge is 0.356 e. The number of likely N-dealkylation sites (N-methyl/N-ethyl adjacent to an activating group) is 4. The molecule has 0 saturated heterocycles. The maximum atomic E-state index is 12.5. The van der Waals surface area contributed by atoms with Crippen molar-refractivity contribution in [3.8, 4) is 0 Å². The molecular formula is C86H116N12O4. The first kappa shape index (κ1) is 73.7. The molecule has 0 unspecified atom stereocenters. The average molecular weight is 1380 g/mol. The monoisotopic (exact) mass is 1380 g/mol. The predicted molar refractivity (Wildman–Crippen MR) is 418 cm³/mol. The van der Waals surface area contributed by atoms with Gasteiger partial charge >= 0.3 is 0 Å². The van der Waals surface area contributed by atoms with Crippen LogP contribution in [0.4, 0.5) is 5.69 Å². The van der Waals surface area contributed by atoms with E-state index < -0.39 is 0 Å². The third kappa shape index (κ3) is 18.1. The molecule has 9 aromatic rings. The number of aromatic nitrogens is 4. The van der Waals surface area contributed by atoms with Crippen molar-refractivity contribution in [1.29, 1.82) is 0 Å². The van der Waals surface area contributed by atoms with Crippen molar-refractivity contribution in [2.75, 3.05) is 66.2 Å². The van der Waals surface area contributed by atoms with Gasteiger partial charge in [-0.1, -0.05) is 96.8 Å². The van der Waals surface area contributed by atoms with Crippen LogP contribution in [0, 0.1) is 33.6 Å². The van der Waals surface area contributed by atoms with E-state index in [4.69, 9.17) is 0 Å². The van der Waals surface area contributed by atoms with Crippen LogP contribution in [-0.2, 0) is 97.2 Å². The van der Waals surface area contributed by atoms with E-state index in [0.717, 1.165) is 129 Å². The summed E-state index contributed by atoms with van der Waals surface area (Å²) < 4.78 is 9.56. The predicted octanol–water partition coefficient (Wildman–Crippen LogP) is 14.6. The van der Waals surface area contributed by atoms with Crippen LogP contribution in [0.25, 0.3) is 43.6 Å². The van der Waals surface area contributed by atoms with Gasteiger partial charge in [-0.15, -0.1) is 0 Å². The number of para-hydroxylation sites is 1. The molecule has 0 radical (unpaired) electrons. The Kier molecular flexibility index (Phi) is 24.0. The third-order valence-electron chi connectivity index (χ3n) is 22.3. The first-order chi connectivity index (χ1) is 49.1. The van der Waals surface area contributed by atoms with Crippen LogP contribution in [0.1, 0.15) is 172 Å². The van der Waals surface area contributed by atoms with Gasteiger partial charge in [0.1, 0.15) is 0 Å². The number of nitrogens with one attached hydrogen (secondary N) is 4. The number of benzene rings is 5. The highest BCUT2D eigenvalue weighted by molar-refractivity contribution is 5.92. The summed E-state index contributed by atoms with van der Waals surface area (Å²) in [7, 11) is 8.74. The van der Waals surface area contributed by atoms with Crippen molar-refractivity contribution >= 4 is 72.9 Å². The van der Waals surface area contributed by atoms with Gasteiger partial charge in [-0.2, -0.15) is 0 Å². The zero-order valence-corrected chi connectivity index (χ0v) is 63.4. The Morgan fingerprint density at radius 1 is 0.412 bits per heavy atom. The Morgan fingerprint density at radius 3 is 1.13 bits per heavy atom. The number of nitrogens with zero attached hydrogens (tertiary/aromatic N) is 8. The van der Waals surface area contributed by atoms with Crippen molar-refractivity contribution in [3.05, 3.63) is 170 Å². The van der Waals surface area contributed by atoms with Gasteiger partial charge in [0.15, 0.2) is 0 Å². The number of hydrogen-bond acceptors (Lipinski definition) is 8. The molecule has 4 aromatic heterocycles. The molecule has 0 bridgehead atoms. The fraction of sp³-hybridized carbons (Fsp3) is 0.512. The summed E-state index contributed by atoms with van der Waals surface area (Å²) in [6, 6.07) is 36.9. The molecule has 15 rings (SSSR count). The van der Waals surface area contributed by atoms with Crippen LogP contribution < -0.4 is 21.3 Å². The van der Waals surface area contributed by atoms with Crippen molar-refractivity contribution < 1.29 is 19.2 Å². The molecule has 4 N–H and O–H groups in total. The van der Waals surface area contributed by atoms with Gasteiger partial charge in [0.05, 0.1) is 0 Å². The van der Waals surface area contributed by atoms with E-state index in [1.165, 1.54) is 156 Å². The molecule has 0 spiro atoms. The average Bonchev–Trinajstić information content (AvgIpc) is 1.63. The standard InChI is InChI=1S/C23H33N3O.C22H25N3O.C21H29N3O.C20H29N3O/c1-17-8-9-21-19(14-17)20-16-25(2)12-10-22(20)26(21)13-11-23(27)24-15-18-6-4-3-5-7-18;1-16-8-9-20-18(14-16)19-15-24(2)12-10-21(19)25(20)13-11-22(26)23-17-6-4-3-5-7-17;1-15-7-8-19-17(13-15)18-14-23(2)11-9-20(18)24(19)12-10-21(25)22-16-5-3-4-6-16;1-14-6-7-17-15(12-14)16-13-22(5)10-8-18(16)23(17)11-9-19(24)21-20(2,3)4/h8-9,14,18H,3-7,10-13,15-16H2,1-2H3,(H,24,27);3-9,14H,10-13,15H2,1-2H3,(H,23,26);7-8,13,16H,3-6,9-12,14H2,1-2H3,(H,22,25);6-7,12H,8-11,13H2,1-5H3,(H,21,24). The quantitative estimate of drug-likeness (QED) is 0.0747. The second kappa shape index (κ2) is 33.2. The number of carbonyl (C=O) groups is 4. The highest BCUT2D eigenvalue weighted by atomic mass is 16.2. The molecule has 544 valence electrons. The van der Waals surface area contributed by atoms with E-state index in [9.17, 15) is 19.2 Å². The molecular weight excluding hydrogens is 1270 g/mol. The molecule has 16 nitrogen and oxygen atoms in total. The molecule has 102 heavy (non-hydrogen) atoms. The second-order valence-corrected chi connectivity index (χ2v) is 31.9. The van der Waals surface area contributed by atoms with Crippen LogP contribution in [-0.4, -0.2) is 134 Å². The SMILES string of the molecule is Cc1ccc2c(c1)c1c(n2CCC(=O)NC(C)(C)C)CCN(C)C1.Cc1ccc2c(c1)c1c(n2CCC(=O)NC2CCCC2)CCN(C)C1.Cc1ccc2c(c1)c1c(n2CCC(=O)NCC2CCCCC2)CCN(C)C1.Cc1ccc2c(c1)c1c(n2CCC(=O)Nc2ccccc2)CCN(C)C1. The maximum absolute atomic E-state index is 12.5. The number of rotatable bonds is 16. The molecule has 16 heteroatoms. The van der Waals surface area contributed by atoms with E-state index >= 15 is 0 Å². The minimum atomic E-state index is -0.172. The summed E-state index contributed by atoms with van der Waals surface area (Å²) in [4.78, 5) is 59.0. The number of hydrogen-bond donors (Lipinski definition) is 4. The van der Waals surface area contributed by atoms with Crippen LogP contribution >= 0.6 is 0 Å². The Bertz CT molecular complexity index is 4430. The second-order valence-electron chi connectivity index (χ2n) is 31.9. The van der Waals surface area contributed by atoms with Crippen molar-refractivity contribution in [2.24, 2.45) is 5.92 Å². The lowest BCUT2D eigenvalue weighted by molar-refractivity contribution is -0.123. The highest BCUT2D eigenvalue weighted by Gasteiger charge is 2.29. The normalized spacial score (nSPS) is 16.8. The van der Waals surface area contributed by atoms with Crippen LogP contribution in [0.3, 0.4) is 0 Å². The fourth-order valence-electron chi connectivity index (χ4n) is 17.0. The molecule has 5 aromatic carbocycles. The summed E-state index contributed by atoms with van der Waals surface area (Å²) in [5, 5.41) is 17.9. The van der Waals surface area contributed by atoms with Gasteiger partial charge in [0.2, 0.25) is 23.6 Å². The van der Waals surface area contributed by atoms with Gasteiger partial charge in [-0.05, 0) is 191 Å². The zero-order valence-electron chi connectivity index (χ0n) is 63.4. The molecule has 8 heterocycles. The minimum Gasteiger partial charge on any atom is -0.356 e. The minimum absolute atomic E-state index is 0.0619. The van der Waals surface area contributed by atoms with Crippen molar-refractivity contribution in [3.63, 3.8) is 0 Å². The molecule has 2 saturated carbocycles. The van der Waals surface area contributed by atoms with Gasteiger partial charge in [0, 0.05) is 220 Å². The summed E-state index contributed by atoms with van der Waals surface area (Å²) in [6.45, 7) is 26.9. The molecule has 4 aliphatic heterocycles. The Morgan fingerprint density at radius 2 is 0.755 bits per heavy atom. The Labute approximate surface area is 606 Å². The first-order valence-corrected chi connectivity index (χ1v) is 38.5. The fourth-order valence-corrected chi connectivity index (χ4v) is 17.0. The lowest BCUT2D eigenvalue weighted by Crippen LogP contribution is -2.40. The Balaban J connectivity index is 0.000000129. The summed E-state index contributed by atoms with van der Waals surface area (Å²) in [5.74, 6) is 1.30. The lowest BCUT2D eigenvalue weighted by atomic mass is 9.89. The van der Waals surface area contributed by atoms with Crippen molar-refractivity contribution in [2.45, 2.75) is 222 Å². The number of carbonyl (C=O) groups excluding carboxylic acids is 4. The molecule has 0 atom stereocenters. The summed E-state index contributed by atoms with van der Waals surface area (Å²) >= 11 is 0. The van der Waals surface area contributed by atoms with E-state index in [0.29, 0.717) is 37.6 Å². The summed E-state index contributed by atoms with van der Waals surface area (Å²) in [5.41, 5.74) is 22.5. The molecule has 2 aliphatic carbocycles.